The monoisotopic (exact) mass is 299 g/mol. The first-order valence-corrected chi connectivity index (χ1v) is 6.33. The minimum absolute atomic E-state index is 0.0995. The summed E-state index contributed by atoms with van der Waals surface area (Å²) in [6.07, 6.45) is -7.86. The van der Waals surface area contributed by atoms with Crippen molar-refractivity contribution in [3.8, 4) is 0 Å². The molecule has 0 aromatic heterocycles. The van der Waals surface area contributed by atoms with Crippen LogP contribution in [0.25, 0.3) is 0 Å². The van der Waals surface area contributed by atoms with Gasteiger partial charge in [-0.05, 0) is 13.0 Å². The molecule has 3 atom stereocenters. The van der Waals surface area contributed by atoms with Crippen molar-refractivity contribution in [2.75, 3.05) is 32.7 Å². The van der Waals surface area contributed by atoms with Crippen LogP contribution >= 0.6 is 0 Å². The summed E-state index contributed by atoms with van der Waals surface area (Å²) in [6, 6.07) is 0. The van der Waals surface area contributed by atoms with Gasteiger partial charge < -0.3 is 15.8 Å². The highest BCUT2D eigenvalue weighted by molar-refractivity contribution is 5.79. The molecule has 0 saturated carbocycles. The van der Waals surface area contributed by atoms with E-state index < -0.39 is 36.5 Å². The first kappa shape index (κ1) is 15.5. The van der Waals surface area contributed by atoms with E-state index in [1.807, 2.05) is 0 Å². The molecule has 2 rings (SSSR count). The highest BCUT2D eigenvalue weighted by atomic mass is 19.4. The Labute approximate surface area is 113 Å². The lowest BCUT2D eigenvalue weighted by molar-refractivity contribution is -0.251. The van der Waals surface area contributed by atoms with Crippen molar-refractivity contribution in [3.63, 3.8) is 0 Å². The normalized spacial score (nSPS) is 36.2. The van der Waals surface area contributed by atoms with Gasteiger partial charge in [-0.2, -0.15) is 13.2 Å². The first-order valence-electron chi connectivity index (χ1n) is 6.33. The Morgan fingerprint density at radius 2 is 2.15 bits per heavy atom. The second-order valence-corrected chi connectivity index (χ2v) is 5.33. The number of carbonyl (C=O) groups excluding carboxylic acids is 1. The number of carbonyl (C=O) groups is 1. The van der Waals surface area contributed by atoms with Crippen molar-refractivity contribution in [2.24, 2.45) is 5.73 Å². The fraction of sp³-hybridized carbons (Fsp3) is 0.909. The number of alkyl halides is 4. The van der Waals surface area contributed by atoms with Gasteiger partial charge in [0.15, 0.2) is 6.10 Å². The third kappa shape index (κ3) is 3.58. The number of amides is 1. The van der Waals surface area contributed by atoms with Crippen LogP contribution in [0.3, 0.4) is 0 Å². The van der Waals surface area contributed by atoms with Crippen LogP contribution in [0.5, 0.6) is 0 Å². The van der Waals surface area contributed by atoms with Crippen LogP contribution in [0.2, 0.25) is 0 Å². The van der Waals surface area contributed by atoms with Crippen LogP contribution in [0.4, 0.5) is 17.6 Å². The Kier molecular flexibility index (Phi) is 4.22. The number of ether oxygens (including phenoxy) is 1. The Morgan fingerprint density at radius 1 is 1.45 bits per heavy atom. The number of hydrogen-bond donors (Lipinski definition) is 2. The predicted octanol–water partition coefficient (Wildman–Crippen LogP) is -0.195. The number of halogens is 4. The van der Waals surface area contributed by atoms with E-state index in [1.165, 1.54) is 4.90 Å². The van der Waals surface area contributed by atoms with Gasteiger partial charge in [0.2, 0.25) is 5.91 Å². The summed E-state index contributed by atoms with van der Waals surface area (Å²) in [7, 11) is 0. The number of nitrogens with one attached hydrogen (secondary N) is 1. The highest BCUT2D eigenvalue weighted by Crippen LogP contribution is 2.29. The molecule has 20 heavy (non-hydrogen) atoms. The van der Waals surface area contributed by atoms with Crippen LogP contribution in [0, 0.1) is 0 Å². The molecule has 2 aliphatic rings. The van der Waals surface area contributed by atoms with Gasteiger partial charge in [0, 0.05) is 26.2 Å². The molecule has 1 amide bonds. The van der Waals surface area contributed by atoms with Crippen LogP contribution in [0.15, 0.2) is 0 Å². The highest BCUT2D eigenvalue weighted by Gasteiger charge is 2.48. The second-order valence-electron chi connectivity index (χ2n) is 5.33. The first-order chi connectivity index (χ1) is 9.20. The molecule has 0 bridgehead atoms. The minimum Gasteiger partial charge on any atom is -0.367 e. The Bertz CT molecular complexity index is 371. The SMILES string of the molecule is NC(=O)C1CN(C[C@]2(F)CCNC2)CC(C(F)(F)F)O1. The number of nitrogens with zero attached hydrogens (tertiary/aromatic N) is 1. The van der Waals surface area contributed by atoms with E-state index in [9.17, 15) is 22.4 Å². The summed E-state index contributed by atoms with van der Waals surface area (Å²) in [5.74, 6) is -0.971. The van der Waals surface area contributed by atoms with E-state index in [0.29, 0.717) is 6.54 Å². The average Bonchev–Trinajstić information content (AvgIpc) is 2.74. The minimum atomic E-state index is -4.61. The maximum Gasteiger partial charge on any atom is 0.415 e. The number of morpholine rings is 1. The quantitative estimate of drug-likeness (QED) is 0.709. The summed E-state index contributed by atoms with van der Waals surface area (Å²) in [6.45, 7) is -0.183. The molecular weight excluding hydrogens is 282 g/mol. The van der Waals surface area contributed by atoms with Crippen molar-refractivity contribution in [2.45, 2.75) is 30.5 Å². The van der Waals surface area contributed by atoms with Gasteiger partial charge in [-0.15, -0.1) is 0 Å². The number of primary amides is 1. The molecule has 5 nitrogen and oxygen atoms in total. The van der Waals surface area contributed by atoms with Gasteiger partial charge in [-0.3, -0.25) is 9.69 Å². The molecule has 2 heterocycles. The van der Waals surface area contributed by atoms with Gasteiger partial charge in [-0.1, -0.05) is 0 Å². The topological polar surface area (TPSA) is 67.6 Å². The zero-order chi connectivity index (χ0) is 15.0. The smallest absolute Gasteiger partial charge is 0.367 e. The molecule has 0 aromatic rings. The average molecular weight is 299 g/mol. The standard InChI is InChI=1S/C11H17F4N3O2/c12-10(1-2-17-5-10)6-18-3-7(9(16)19)20-8(4-18)11(13,14)15/h7-8,17H,1-6H2,(H2,16,19)/t7?,8?,10-/m0/s1. The summed E-state index contributed by atoms with van der Waals surface area (Å²) in [5, 5.41) is 2.83. The molecule has 0 aliphatic carbocycles. The Hall–Kier alpha value is -0.930. The maximum absolute atomic E-state index is 14.3. The van der Waals surface area contributed by atoms with E-state index >= 15 is 0 Å². The van der Waals surface area contributed by atoms with Gasteiger partial charge in [0.1, 0.15) is 11.8 Å². The van der Waals surface area contributed by atoms with Crippen LogP contribution in [-0.4, -0.2) is 67.6 Å². The van der Waals surface area contributed by atoms with Crippen LogP contribution in [-0.2, 0) is 9.53 Å². The van der Waals surface area contributed by atoms with E-state index in [0.717, 1.165) is 0 Å². The summed E-state index contributed by atoms with van der Waals surface area (Å²) >= 11 is 0. The fourth-order valence-corrected chi connectivity index (χ4v) is 2.54. The molecule has 2 saturated heterocycles. The van der Waals surface area contributed by atoms with Crippen LogP contribution in [0.1, 0.15) is 6.42 Å². The molecule has 0 radical (unpaired) electrons. The van der Waals surface area contributed by atoms with Crippen molar-refractivity contribution in [1.29, 1.82) is 0 Å². The van der Waals surface area contributed by atoms with Crippen molar-refractivity contribution in [1.82, 2.24) is 10.2 Å². The van der Waals surface area contributed by atoms with E-state index in [2.05, 4.69) is 10.1 Å². The molecule has 2 fully saturated rings. The van der Waals surface area contributed by atoms with Crippen molar-refractivity contribution < 1.29 is 27.1 Å². The van der Waals surface area contributed by atoms with Crippen molar-refractivity contribution >= 4 is 5.91 Å². The lowest BCUT2D eigenvalue weighted by Crippen LogP contribution is -2.58. The van der Waals surface area contributed by atoms with Gasteiger partial charge in [0.05, 0.1) is 0 Å². The van der Waals surface area contributed by atoms with Gasteiger partial charge >= 0.3 is 6.18 Å². The molecule has 2 aliphatic heterocycles. The number of nitrogens with two attached hydrogens (primary N) is 1. The molecule has 0 aromatic carbocycles. The fourth-order valence-electron chi connectivity index (χ4n) is 2.54. The molecule has 116 valence electrons. The number of rotatable bonds is 3. The predicted molar refractivity (Wildman–Crippen MR) is 61.7 cm³/mol. The Morgan fingerprint density at radius 3 is 2.65 bits per heavy atom. The second kappa shape index (κ2) is 5.45. The Balaban J connectivity index is 2.05. The largest absolute Gasteiger partial charge is 0.415 e. The zero-order valence-corrected chi connectivity index (χ0v) is 10.8. The zero-order valence-electron chi connectivity index (χ0n) is 10.8. The third-order valence-electron chi connectivity index (χ3n) is 3.56. The molecule has 2 unspecified atom stereocenters. The van der Waals surface area contributed by atoms with Gasteiger partial charge in [-0.25, -0.2) is 4.39 Å². The molecule has 9 heteroatoms. The molecule has 3 N–H and O–H groups in total. The lowest BCUT2D eigenvalue weighted by Gasteiger charge is -2.39. The van der Waals surface area contributed by atoms with Gasteiger partial charge in [0.25, 0.3) is 0 Å². The van der Waals surface area contributed by atoms with E-state index in [4.69, 9.17) is 5.73 Å². The lowest BCUT2D eigenvalue weighted by atomic mass is 10.0. The maximum atomic E-state index is 14.3. The summed E-state index contributed by atoms with van der Waals surface area (Å²) < 4.78 is 57.2. The summed E-state index contributed by atoms with van der Waals surface area (Å²) in [4.78, 5) is 12.4. The molecule has 0 spiro atoms. The molecular formula is C11H17F4N3O2. The van der Waals surface area contributed by atoms with E-state index in [1.54, 1.807) is 0 Å². The summed E-state index contributed by atoms with van der Waals surface area (Å²) in [5.41, 5.74) is 3.44. The number of hydrogen-bond acceptors (Lipinski definition) is 4. The van der Waals surface area contributed by atoms with E-state index in [-0.39, 0.29) is 26.1 Å². The third-order valence-corrected chi connectivity index (χ3v) is 3.56. The van der Waals surface area contributed by atoms with Crippen molar-refractivity contribution in [3.05, 3.63) is 0 Å². The van der Waals surface area contributed by atoms with Crippen LogP contribution < -0.4 is 11.1 Å².